The summed E-state index contributed by atoms with van der Waals surface area (Å²) in [5, 5.41) is 10.5. The molecule has 2 aromatic carbocycles. The zero-order chi connectivity index (χ0) is 18.4. The van der Waals surface area contributed by atoms with E-state index in [9.17, 15) is 9.18 Å². The lowest BCUT2D eigenvalue weighted by Crippen LogP contribution is -2.12. The number of carbonyl (C=O) groups is 1. The number of aryl methyl sites for hydroxylation is 1. The molecule has 134 valence electrons. The molecule has 0 radical (unpaired) electrons. The Morgan fingerprint density at radius 2 is 1.92 bits per heavy atom. The largest absolute Gasteiger partial charge is 0.494 e. The number of aromatic nitrogens is 2. The van der Waals surface area contributed by atoms with Crippen LogP contribution in [0.4, 0.5) is 10.1 Å². The lowest BCUT2D eigenvalue weighted by molar-refractivity contribution is -0.116. The summed E-state index contributed by atoms with van der Waals surface area (Å²) < 4.78 is 24.5. The molecule has 0 aliphatic heterocycles. The highest BCUT2D eigenvalue weighted by Crippen LogP contribution is 2.21. The predicted molar refractivity (Wildman–Crippen MR) is 94.3 cm³/mol. The van der Waals surface area contributed by atoms with Crippen molar-refractivity contribution in [3.63, 3.8) is 0 Å². The van der Waals surface area contributed by atoms with Gasteiger partial charge in [-0.05, 0) is 43.3 Å². The molecular formula is C19H18FN3O3. The third-order valence-electron chi connectivity index (χ3n) is 3.59. The third-order valence-corrected chi connectivity index (χ3v) is 3.59. The van der Waals surface area contributed by atoms with E-state index in [1.807, 2.05) is 6.92 Å². The summed E-state index contributed by atoms with van der Waals surface area (Å²) in [6.07, 6.45) is 0.441. The van der Waals surface area contributed by atoms with Gasteiger partial charge in [-0.3, -0.25) is 4.79 Å². The molecule has 1 amide bonds. The number of anilines is 1. The van der Waals surface area contributed by atoms with Crippen molar-refractivity contribution in [1.82, 2.24) is 10.2 Å². The topological polar surface area (TPSA) is 77.2 Å². The van der Waals surface area contributed by atoms with Crippen LogP contribution >= 0.6 is 0 Å². The molecule has 1 heterocycles. The molecule has 0 saturated carbocycles. The summed E-state index contributed by atoms with van der Waals surface area (Å²) in [7, 11) is 0. The minimum atomic E-state index is -0.434. The van der Waals surface area contributed by atoms with Gasteiger partial charge in [0.15, 0.2) is 0 Å². The molecule has 0 bridgehead atoms. The third kappa shape index (κ3) is 4.44. The van der Waals surface area contributed by atoms with Crippen molar-refractivity contribution in [2.75, 3.05) is 11.9 Å². The van der Waals surface area contributed by atoms with Crippen molar-refractivity contribution in [1.29, 1.82) is 0 Å². The number of carbonyl (C=O) groups excluding carboxylic acids is 1. The van der Waals surface area contributed by atoms with Crippen molar-refractivity contribution >= 4 is 11.6 Å². The molecule has 0 fully saturated rings. The first-order valence-electron chi connectivity index (χ1n) is 8.25. The van der Waals surface area contributed by atoms with Crippen molar-refractivity contribution in [2.24, 2.45) is 0 Å². The van der Waals surface area contributed by atoms with Crippen LogP contribution in [0.5, 0.6) is 5.75 Å². The second kappa shape index (κ2) is 8.24. The number of ether oxygens (including phenoxy) is 1. The standard InChI is InChI=1S/C19H18FN3O3/c1-2-25-14-9-7-13(8-10-14)21-17(24)11-12-18-22-23-19(26-18)15-5-3-4-6-16(15)20/h3-10H,2,11-12H2,1H3,(H,21,24). The molecule has 6 nitrogen and oxygen atoms in total. The van der Waals surface area contributed by atoms with Crippen LogP contribution in [0.3, 0.4) is 0 Å². The Bertz CT molecular complexity index is 878. The number of nitrogens with one attached hydrogen (secondary N) is 1. The van der Waals surface area contributed by atoms with Gasteiger partial charge >= 0.3 is 0 Å². The minimum Gasteiger partial charge on any atom is -0.494 e. The highest BCUT2D eigenvalue weighted by atomic mass is 19.1. The molecule has 26 heavy (non-hydrogen) atoms. The van der Waals surface area contributed by atoms with Crippen molar-refractivity contribution in [3.8, 4) is 17.2 Å². The lowest BCUT2D eigenvalue weighted by atomic mass is 10.2. The van der Waals surface area contributed by atoms with Crippen molar-refractivity contribution in [2.45, 2.75) is 19.8 Å². The molecule has 0 spiro atoms. The molecule has 0 saturated heterocycles. The van der Waals surface area contributed by atoms with E-state index in [0.29, 0.717) is 12.3 Å². The van der Waals surface area contributed by atoms with Gasteiger partial charge in [0.05, 0.1) is 12.2 Å². The van der Waals surface area contributed by atoms with Gasteiger partial charge in [0.1, 0.15) is 11.6 Å². The van der Waals surface area contributed by atoms with Crippen molar-refractivity contribution < 1.29 is 18.3 Å². The second-order valence-electron chi connectivity index (χ2n) is 5.49. The number of amides is 1. The fourth-order valence-electron chi connectivity index (χ4n) is 2.34. The first kappa shape index (κ1) is 17.6. The quantitative estimate of drug-likeness (QED) is 0.697. The van der Waals surface area contributed by atoms with Crippen LogP contribution in [0.15, 0.2) is 52.9 Å². The summed E-state index contributed by atoms with van der Waals surface area (Å²) in [4.78, 5) is 12.0. The normalized spacial score (nSPS) is 10.5. The van der Waals surface area contributed by atoms with E-state index < -0.39 is 5.82 Å². The molecule has 0 aliphatic carbocycles. The number of rotatable bonds is 7. The fourth-order valence-corrected chi connectivity index (χ4v) is 2.34. The van der Waals surface area contributed by atoms with E-state index in [2.05, 4.69) is 15.5 Å². The molecule has 1 aromatic heterocycles. The smallest absolute Gasteiger partial charge is 0.250 e. The molecule has 7 heteroatoms. The van der Waals surface area contributed by atoms with Crippen LogP contribution < -0.4 is 10.1 Å². The maximum absolute atomic E-state index is 13.7. The van der Waals surface area contributed by atoms with E-state index in [1.165, 1.54) is 6.07 Å². The molecule has 1 N–H and O–H groups in total. The van der Waals surface area contributed by atoms with E-state index in [0.717, 1.165) is 5.75 Å². The van der Waals surface area contributed by atoms with Gasteiger partial charge in [0, 0.05) is 18.5 Å². The lowest BCUT2D eigenvalue weighted by Gasteiger charge is -2.06. The Kier molecular flexibility index (Phi) is 5.58. The summed E-state index contributed by atoms with van der Waals surface area (Å²) in [6.45, 7) is 2.50. The number of hydrogen-bond donors (Lipinski definition) is 1. The van der Waals surface area contributed by atoms with E-state index in [-0.39, 0.29) is 36.1 Å². The molecule has 0 aliphatic rings. The average Bonchev–Trinajstić information content (AvgIpc) is 3.11. The Labute approximate surface area is 150 Å². The predicted octanol–water partition coefficient (Wildman–Crippen LogP) is 3.85. The minimum absolute atomic E-state index is 0.102. The molecule has 0 unspecified atom stereocenters. The first-order valence-corrected chi connectivity index (χ1v) is 8.25. The molecule has 3 aromatic rings. The number of halogens is 1. The Balaban J connectivity index is 1.54. The highest BCUT2D eigenvalue weighted by Gasteiger charge is 2.13. The van der Waals surface area contributed by atoms with Crippen LogP contribution in [0.25, 0.3) is 11.5 Å². The maximum Gasteiger partial charge on any atom is 0.250 e. The molecule has 0 atom stereocenters. The summed E-state index contributed by atoms with van der Waals surface area (Å²) in [5.74, 6) is 0.517. The SMILES string of the molecule is CCOc1ccc(NC(=O)CCc2nnc(-c3ccccc3F)o2)cc1. The second-order valence-corrected chi connectivity index (χ2v) is 5.49. The van der Waals surface area contributed by atoms with Crippen LogP contribution in [-0.2, 0) is 11.2 Å². The highest BCUT2D eigenvalue weighted by molar-refractivity contribution is 5.90. The van der Waals surface area contributed by atoms with Crippen LogP contribution in [0.1, 0.15) is 19.2 Å². The molecular weight excluding hydrogens is 337 g/mol. The summed E-state index contributed by atoms with van der Waals surface area (Å²) in [6, 6.07) is 13.3. The zero-order valence-corrected chi connectivity index (χ0v) is 14.2. The average molecular weight is 355 g/mol. The number of hydrogen-bond acceptors (Lipinski definition) is 5. The zero-order valence-electron chi connectivity index (χ0n) is 14.2. The van der Waals surface area contributed by atoms with Gasteiger partial charge in [-0.2, -0.15) is 0 Å². The van der Waals surface area contributed by atoms with Crippen LogP contribution in [0, 0.1) is 5.82 Å². The van der Waals surface area contributed by atoms with Crippen LogP contribution in [0.2, 0.25) is 0 Å². The van der Waals surface area contributed by atoms with Gasteiger partial charge in [0.25, 0.3) is 5.89 Å². The van der Waals surface area contributed by atoms with E-state index in [1.54, 1.807) is 42.5 Å². The van der Waals surface area contributed by atoms with Gasteiger partial charge in [-0.15, -0.1) is 10.2 Å². The van der Waals surface area contributed by atoms with Gasteiger partial charge < -0.3 is 14.5 Å². The Morgan fingerprint density at radius 3 is 2.65 bits per heavy atom. The Morgan fingerprint density at radius 1 is 1.15 bits per heavy atom. The van der Waals surface area contributed by atoms with Gasteiger partial charge in [0.2, 0.25) is 11.8 Å². The number of nitrogens with zero attached hydrogens (tertiary/aromatic N) is 2. The molecule has 3 rings (SSSR count). The van der Waals surface area contributed by atoms with Crippen molar-refractivity contribution in [3.05, 3.63) is 60.2 Å². The summed E-state index contributed by atoms with van der Waals surface area (Å²) >= 11 is 0. The monoisotopic (exact) mass is 355 g/mol. The van der Waals surface area contributed by atoms with E-state index >= 15 is 0 Å². The Hall–Kier alpha value is -3.22. The van der Waals surface area contributed by atoms with Crippen LogP contribution in [-0.4, -0.2) is 22.7 Å². The summed E-state index contributed by atoms with van der Waals surface area (Å²) in [5.41, 5.74) is 0.918. The van der Waals surface area contributed by atoms with E-state index in [4.69, 9.17) is 9.15 Å². The number of benzene rings is 2. The van der Waals surface area contributed by atoms with Gasteiger partial charge in [-0.1, -0.05) is 12.1 Å². The first-order chi connectivity index (χ1) is 12.7. The fraction of sp³-hybridized carbons (Fsp3) is 0.211. The van der Waals surface area contributed by atoms with Gasteiger partial charge in [-0.25, -0.2) is 4.39 Å². The maximum atomic E-state index is 13.7.